The van der Waals surface area contributed by atoms with Crippen molar-refractivity contribution in [2.45, 2.75) is 0 Å². The molecule has 0 aliphatic heterocycles. The van der Waals surface area contributed by atoms with Crippen LogP contribution in [0.1, 0.15) is 10.4 Å². The molecule has 0 unspecified atom stereocenters. The minimum atomic E-state index is -0.796. The molecule has 0 aliphatic carbocycles. The minimum Gasteiger partial charge on any atom is -0.318 e. The summed E-state index contributed by atoms with van der Waals surface area (Å²) in [6, 6.07) is 7.29. The van der Waals surface area contributed by atoms with Gasteiger partial charge in [-0.05, 0) is 18.2 Å². The van der Waals surface area contributed by atoms with Crippen molar-refractivity contribution in [1.29, 1.82) is 0 Å². The molecule has 0 saturated carbocycles. The van der Waals surface area contributed by atoms with Crippen LogP contribution in [0.5, 0.6) is 0 Å². The van der Waals surface area contributed by atoms with Crippen LogP contribution >= 0.6 is 23.2 Å². The highest BCUT2D eigenvalue weighted by Gasteiger charge is 2.18. The van der Waals surface area contributed by atoms with Gasteiger partial charge in [0, 0.05) is 12.1 Å². The number of para-hydroxylation sites is 1. The Morgan fingerprint density at radius 1 is 1.19 bits per heavy atom. The first-order chi connectivity index (χ1) is 9.90. The van der Waals surface area contributed by atoms with Crippen molar-refractivity contribution in [3.05, 3.63) is 67.9 Å². The number of carbonyl (C=O) groups is 1. The third-order valence-electron chi connectivity index (χ3n) is 2.61. The Morgan fingerprint density at radius 2 is 1.90 bits per heavy atom. The molecular weight excluding hydrogens is 322 g/mol. The number of amides is 1. The van der Waals surface area contributed by atoms with Crippen LogP contribution in [0.15, 0.2) is 36.4 Å². The molecule has 0 bridgehead atoms. The first-order valence-electron chi connectivity index (χ1n) is 5.59. The Labute approximate surface area is 128 Å². The summed E-state index contributed by atoms with van der Waals surface area (Å²) < 4.78 is 13.6. The lowest BCUT2D eigenvalue weighted by Crippen LogP contribution is -2.14. The number of anilines is 1. The summed E-state index contributed by atoms with van der Waals surface area (Å²) in [6.45, 7) is 0. The second kappa shape index (κ2) is 6.07. The summed E-state index contributed by atoms with van der Waals surface area (Å²) >= 11 is 11.6. The predicted molar refractivity (Wildman–Crippen MR) is 77.5 cm³/mol. The van der Waals surface area contributed by atoms with E-state index >= 15 is 0 Å². The average Bonchev–Trinajstić information content (AvgIpc) is 2.43. The molecule has 5 nitrogen and oxygen atoms in total. The van der Waals surface area contributed by atoms with Gasteiger partial charge in [-0.1, -0.05) is 29.3 Å². The van der Waals surface area contributed by atoms with E-state index in [9.17, 15) is 19.3 Å². The van der Waals surface area contributed by atoms with Gasteiger partial charge in [-0.2, -0.15) is 0 Å². The Bertz CT molecular complexity index is 717. The predicted octanol–water partition coefficient (Wildman–Crippen LogP) is 4.29. The van der Waals surface area contributed by atoms with Crippen LogP contribution in [0.2, 0.25) is 10.0 Å². The third-order valence-corrected chi connectivity index (χ3v) is 3.25. The van der Waals surface area contributed by atoms with Gasteiger partial charge in [0.1, 0.15) is 5.82 Å². The maximum atomic E-state index is 13.6. The number of rotatable bonds is 3. The lowest BCUT2D eigenvalue weighted by molar-refractivity contribution is -0.384. The number of halogens is 3. The van der Waals surface area contributed by atoms with Crippen molar-refractivity contribution in [3.63, 3.8) is 0 Å². The molecule has 0 radical (unpaired) electrons. The highest BCUT2D eigenvalue weighted by molar-refractivity contribution is 6.36. The number of hydrogen-bond acceptors (Lipinski definition) is 3. The van der Waals surface area contributed by atoms with Gasteiger partial charge in [-0.3, -0.25) is 14.9 Å². The van der Waals surface area contributed by atoms with Gasteiger partial charge in [0.15, 0.2) is 0 Å². The molecule has 0 aromatic heterocycles. The van der Waals surface area contributed by atoms with Crippen LogP contribution < -0.4 is 5.32 Å². The fourth-order valence-corrected chi connectivity index (χ4v) is 2.01. The molecule has 108 valence electrons. The van der Waals surface area contributed by atoms with Gasteiger partial charge >= 0.3 is 0 Å². The fourth-order valence-electron chi connectivity index (χ4n) is 1.60. The van der Waals surface area contributed by atoms with Gasteiger partial charge in [-0.15, -0.1) is 0 Å². The van der Waals surface area contributed by atoms with Crippen molar-refractivity contribution in [2.75, 3.05) is 5.32 Å². The molecule has 0 saturated heterocycles. The van der Waals surface area contributed by atoms with Crippen molar-refractivity contribution < 1.29 is 14.1 Å². The van der Waals surface area contributed by atoms with Crippen LogP contribution in [0.4, 0.5) is 15.8 Å². The van der Waals surface area contributed by atoms with Crippen LogP contribution in [0.25, 0.3) is 0 Å². The number of carbonyl (C=O) groups excluding carboxylic acids is 1. The van der Waals surface area contributed by atoms with Gasteiger partial charge < -0.3 is 5.32 Å². The maximum absolute atomic E-state index is 13.6. The Hall–Kier alpha value is -2.18. The van der Waals surface area contributed by atoms with E-state index in [4.69, 9.17) is 23.2 Å². The van der Waals surface area contributed by atoms with Crippen LogP contribution in [0, 0.1) is 15.9 Å². The molecule has 8 heteroatoms. The number of nitrogens with one attached hydrogen (secondary N) is 1. The first kappa shape index (κ1) is 15.2. The number of nitro groups is 1. The molecule has 2 rings (SSSR count). The summed E-state index contributed by atoms with van der Waals surface area (Å²) in [7, 11) is 0. The summed E-state index contributed by atoms with van der Waals surface area (Å²) in [5, 5.41) is 13.0. The van der Waals surface area contributed by atoms with E-state index in [1.54, 1.807) is 0 Å². The standard InChI is InChI=1S/C13H7Cl2FN2O3/c14-9-5-4-7(18(20)21)6-8(9)13(19)17-12-10(15)2-1-3-11(12)16/h1-6H,(H,17,19). The average molecular weight is 329 g/mol. The molecule has 0 aliphatic rings. The number of nitrogens with zero attached hydrogens (tertiary/aromatic N) is 1. The molecule has 0 fully saturated rings. The fraction of sp³-hybridized carbons (Fsp3) is 0. The SMILES string of the molecule is O=C(Nc1c(F)cccc1Cl)c1cc([N+](=O)[O-])ccc1Cl. The van der Waals surface area contributed by atoms with Gasteiger partial charge in [0.05, 0.1) is 26.2 Å². The second-order valence-corrected chi connectivity index (χ2v) is 4.79. The Balaban J connectivity index is 2.37. The molecular formula is C13H7Cl2FN2O3. The largest absolute Gasteiger partial charge is 0.318 e. The topological polar surface area (TPSA) is 72.2 Å². The summed E-state index contributed by atoms with van der Waals surface area (Å²) in [4.78, 5) is 22.1. The van der Waals surface area contributed by atoms with E-state index in [0.29, 0.717) is 0 Å². The van der Waals surface area contributed by atoms with E-state index in [1.165, 1.54) is 18.2 Å². The quantitative estimate of drug-likeness (QED) is 0.674. The van der Waals surface area contributed by atoms with Crippen molar-refractivity contribution in [3.8, 4) is 0 Å². The highest BCUT2D eigenvalue weighted by atomic mass is 35.5. The molecule has 0 heterocycles. The zero-order valence-electron chi connectivity index (χ0n) is 10.3. The van der Waals surface area contributed by atoms with Crippen LogP contribution in [-0.4, -0.2) is 10.8 Å². The van der Waals surface area contributed by atoms with Crippen molar-refractivity contribution >= 4 is 40.5 Å². The Kier molecular flexibility index (Phi) is 4.40. The summed E-state index contributed by atoms with van der Waals surface area (Å²) in [5.41, 5.74) is -0.666. The number of nitro benzene ring substituents is 1. The van der Waals surface area contributed by atoms with E-state index in [1.807, 2.05) is 0 Å². The zero-order chi connectivity index (χ0) is 15.6. The number of hydrogen-bond donors (Lipinski definition) is 1. The lowest BCUT2D eigenvalue weighted by atomic mass is 10.2. The van der Waals surface area contributed by atoms with E-state index < -0.39 is 16.6 Å². The smallest absolute Gasteiger partial charge is 0.270 e. The van der Waals surface area contributed by atoms with E-state index in [-0.39, 0.29) is 27.0 Å². The van der Waals surface area contributed by atoms with Gasteiger partial charge in [0.2, 0.25) is 0 Å². The lowest BCUT2D eigenvalue weighted by Gasteiger charge is -2.09. The van der Waals surface area contributed by atoms with Crippen molar-refractivity contribution in [2.24, 2.45) is 0 Å². The summed E-state index contributed by atoms with van der Waals surface area (Å²) in [5.74, 6) is -1.52. The normalized spacial score (nSPS) is 10.2. The molecule has 1 N–H and O–H groups in total. The van der Waals surface area contributed by atoms with Crippen molar-refractivity contribution in [1.82, 2.24) is 0 Å². The van der Waals surface area contributed by atoms with Crippen LogP contribution in [0.3, 0.4) is 0 Å². The molecule has 2 aromatic carbocycles. The van der Waals surface area contributed by atoms with Gasteiger partial charge in [-0.25, -0.2) is 4.39 Å². The summed E-state index contributed by atoms with van der Waals surface area (Å²) in [6.07, 6.45) is 0. The maximum Gasteiger partial charge on any atom is 0.270 e. The monoisotopic (exact) mass is 328 g/mol. The third kappa shape index (κ3) is 3.29. The van der Waals surface area contributed by atoms with E-state index in [2.05, 4.69) is 5.32 Å². The molecule has 0 spiro atoms. The zero-order valence-corrected chi connectivity index (χ0v) is 11.8. The molecule has 21 heavy (non-hydrogen) atoms. The second-order valence-electron chi connectivity index (χ2n) is 3.97. The molecule has 2 aromatic rings. The van der Waals surface area contributed by atoms with Crippen LogP contribution in [-0.2, 0) is 0 Å². The van der Waals surface area contributed by atoms with Gasteiger partial charge in [0.25, 0.3) is 11.6 Å². The van der Waals surface area contributed by atoms with E-state index in [0.717, 1.165) is 18.2 Å². The highest BCUT2D eigenvalue weighted by Crippen LogP contribution is 2.27. The minimum absolute atomic E-state index is 0.00454. The number of non-ortho nitro benzene ring substituents is 1. The first-order valence-corrected chi connectivity index (χ1v) is 6.35. The number of benzene rings is 2. The molecule has 0 atom stereocenters. The Morgan fingerprint density at radius 3 is 2.52 bits per heavy atom. The molecule has 1 amide bonds.